The summed E-state index contributed by atoms with van der Waals surface area (Å²) in [6.45, 7) is 1.83. The molecule has 2 aromatic heterocycles. The van der Waals surface area contributed by atoms with Gasteiger partial charge in [0.05, 0.1) is 16.4 Å². The van der Waals surface area contributed by atoms with Gasteiger partial charge in [0.2, 0.25) is 0 Å². The Hall–Kier alpha value is -2.31. The summed E-state index contributed by atoms with van der Waals surface area (Å²) in [6.07, 6.45) is 1.74. The van der Waals surface area contributed by atoms with Gasteiger partial charge in [0.25, 0.3) is 0 Å². The molecule has 112 valence electrons. The number of nitrogens with zero attached hydrogens (tertiary/aromatic N) is 3. The maximum Gasteiger partial charge on any atom is 0.323 e. The predicted molar refractivity (Wildman–Crippen MR) is 86.8 cm³/mol. The first kappa shape index (κ1) is 14.6. The number of nitrogens with one attached hydrogen (secondary N) is 2. The van der Waals surface area contributed by atoms with E-state index in [4.69, 9.17) is 23.2 Å². The van der Waals surface area contributed by atoms with Crippen LogP contribution in [0.2, 0.25) is 10.0 Å². The van der Waals surface area contributed by atoms with Crippen molar-refractivity contribution in [1.29, 1.82) is 0 Å². The number of halogens is 2. The van der Waals surface area contributed by atoms with E-state index in [1.54, 1.807) is 40.9 Å². The van der Waals surface area contributed by atoms with Crippen molar-refractivity contribution in [3.05, 3.63) is 52.4 Å². The van der Waals surface area contributed by atoms with Crippen molar-refractivity contribution in [3.8, 4) is 0 Å². The number of urea groups is 1. The largest absolute Gasteiger partial charge is 0.323 e. The molecule has 22 heavy (non-hydrogen) atoms. The van der Waals surface area contributed by atoms with Crippen LogP contribution in [0, 0.1) is 6.92 Å². The van der Waals surface area contributed by atoms with Crippen molar-refractivity contribution in [2.75, 3.05) is 10.6 Å². The van der Waals surface area contributed by atoms with Crippen LogP contribution in [0.5, 0.6) is 0 Å². The fourth-order valence-electron chi connectivity index (χ4n) is 1.96. The smallest absolute Gasteiger partial charge is 0.306 e. The highest BCUT2D eigenvalue weighted by molar-refractivity contribution is 6.35. The number of hydrogen-bond donors (Lipinski definition) is 2. The first-order valence-electron chi connectivity index (χ1n) is 6.37. The number of aromatic nitrogens is 3. The van der Waals surface area contributed by atoms with Crippen LogP contribution >= 0.6 is 23.2 Å². The zero-order chi connectivity index (χ0) is 15.7. The van der Waals surface area contributed by atoms with E-state index in [9.17, 15) is 4.79 Å². The van der Waals surface area contributed by atoms with Crippen LogP contribution < -0.4 is 10.6 Å². The molecule has 6 nitrogen and oxygen atoms in total. The van der Waals surface area contributed by atoms with Crippen LogP contribution in [0.4, 0.5) is 16.2 Å². The number of anilines is 2. The molecule has 0 saturated carbocycles. The first-order valence-corrected chi connectivity index (χ1v) is 7.13. The molecule has 3 aromatic rings. The molecular formula is C14H11Cl2N5O. The number of hydrogen-bond acceptors (Lipinski definition) is 3. The van der Waals surface area contributed by atoms with Gasteiger partial charge in [-0.1, -0.05) is 23.2 Å². The number of pyridine rings is 1. The van der Waals surface area contributed by atoms with E-state index in [1.807, 2.05) is 6.92 Å². The van der Waals surface area contributed by atoms with E-state index < -0.39 is 6.03 Å². The molecule has 0 atom stereocenters. The van der Waals surface area contributed by atoms with Crippen molar-refractivity contribution >= 4 is 46.3 Å². The lowest BCUT2D eigenvalue weighted by atomic mass is 10.3. The average Bonchev–Trinajstić information content (AvgIpc) is 2.84. The molecule has 3 rings (SSSR count). The normalized spacial score (nSPS) is 10.7. The number of aryl methyl sites for hydroxylation is 1. The van der Waals surface area contributed by atoms with Gasteiger partial charge < -0.3 is 10.6 Å². The Morgan fingerprint density at radius 1 is 1.14 bits per heavy atom. The molecule has 0 aliphatic heterocycles. The molecule has 8 heteroatoms. The molecular weight excluding hydrogens is 325 g/mol. The maximum atomic E-state index is 12.0. The zero-order valence-electron chi connectivity index (χ0n) is 11.5. The van der Waals surface area contributed by atoms with Crippen LogP contribution in [-0.2, 0) is 0 Å². The van der Waals surface area contributed by atoms with Crippen molar-refractivity contribution in [2.24, 2.45) is 0 Å². The zero-order valence-corrected chi connectivity index (χ0v) is 13.0. The molecule has 0 unspecified atom stereocenters. The lowest BCUT2D eigenvalue weighted by Gasteiger charge is -2.09. The number of carbonyl (C=O) groups is 1. The van der Waals surface area contributed by atoms with E-state index in [-0.39, 0.29) is 0 Å². The van der Waals surface area contributed by atoms with Crippen LogP contribution in [-0.4, -0.2) is 20.6 Å². The lowest BCUT2D eigenvalue weighted by molar-refractivity contribution is 0.262. The highest BCUT2D eigenvalue weighted by Gasteiger charge is 2.08. The van der Waals surface area contributed by atoms with Crippen molar-refractivity contribution in [1.82, 2.24) is 14.6 Å². The molecule has 0 fully saturated rings. The molecule has 0 bridgehead atoms. The summed E-state index contributed by atoms with van der Waals surface area (Å²) >= 11 is 11.9. The SMILES string of the molecule is Cc1nnc2ccc(NC(=O)Nc3cc(Cl)ccc3Cl)cn12. The summed E-state index contributed by atoms with van der Waals surface area (Å²) in [4.78, 5) is 12.0. The molecule has 0 aliphatic rings. The van der Waals surface area contributed by atoms with E-state index in [0.29, 0.717) is 27.1 Å². The third-order valence-electron chi connectivity index (χ3n) is 3.01. The maximum absolute atomic E-state index is 12.0. The fourth-order valence-corrected chi connectivity index (χ4v) is 2.29. The summed E-state index contributed by atoms with van der Waals surface area (Å²) in [6, 6.07) is 7.93. The van der Waals surface area contributed by atoms with Crippen molar-refractivity contribution in [3.63, 3.8) is 0 Å². The summed E-state index contributed by atoms with van der Waals surface area (Å²) in [5, 5.41) is 14.2. The van der Waals surface area contributed by atoms with Crippen LogP contribution in [0.1, 0.15) is 5.82 Å². The van der Waals surface area contributed by atoms with Crippen LogP contribution in [0.25, 0.3) is 5.65 Å². The summed E-state index contributed by atoms with van der Waals surface area (Å²) < 4.78 is 1.78. The minimum atomic E-state index is -0.422. The topological polar surface area (TPSA) is 71.3 Å². The van der Waals surface area contributed by atoms with Gasteiger partial charge in [-0.3, -0.25) is 4.40 Å². The van der Waals surface area contributed by atoms with Crippen molar-refractivity contribution < 1.29 is 4.79 Å². The highest BCUT2D eigenvalue weighted by atomic mass is 35.5. The van der Waals surface area contributed by atoms with Gasteiger partial charge >= 0.3 is 6.03 Å². The summed E-state index contributed by atoms with van der Waals surface area (Å²) in [5.74, 6) is 0.733. The quantitative estimate of drug-likeness (QED) is 0.743. The molecule has 2 amide bonds. The molecule has 0 radical (unpaired) electrons. The Kier molecular flexibility index (Phi) is 3.87. The first-order chi connectivity index (χ1) is 10.5. The van der Waals surface area contributed by atoms with Gasteiger partial charge in [-0.05, 0) is 37.3 Å². The van der Waals surface area contributed by atoms with E-state index >= 15 is 0 Å². The third kappa shape index (κ3) is 2.98. The van der Waals surface area contributed by atoms with Crippen LogP contribution in [0.15, 0.2) is 36.5 Å². The molecule has 2 N–H and O–H groups in total. The van der Waals surface area contributed by atoms with E-state index in [2.05, 4.69) is 20.8 Å². The summed E-state index contributed by atoms with van der Waals surface area (Å²) in [5.41, 5.74) is 1.75. The van der Waals surface area contributed by atoms with Gasteiger partial charge in [-0.2, -0.15) is 0 Å². The minimum absolute atomic E-state index is 0.407. The van der Waals surface area contributed by atoms with E-state index in [0.717, 1.165) is 5.82 Å². The molecule has 0 saturated heterocycles. The Balaban J connectivity index is 1.77. The fraction of sp³-hybridized carbons (Fsp3) is 0.0714. The number of carbonyl (C=O) groups excluding carboxylic acids is 1. The van der Waals surface area contributed by atoms with E-state index in [1.165, 1.54) is 0 Å². The second-order valence-electron chi connectivity index (χ2n) is 4.60. The molecule has 2 heterocycles. The van der Waals surface area contributed by atoms with Crippen LogP contribution in [0.3, 0.4) is 0 Å². The Bertz CT molecular complexity index is 862. The molecule has 0 aliphatic carbocycles. The summed E-state index contributed by atoms with van der Waals surface area (Å²) in [7, 11) is 0. The number of rotatable bonds is 2. The van der Waals surface area contributed by atoms with Gasteiger partial charge in [0.15, 0.2) is 5.65 Å². The van der Waals surface area contributed by atoms with Gasteiger partial charge in [-0.25, -0.2) is 4.79 Å². The Labute approximate surface area is 136 Å². The van der Waals surface area contributed by atoms with Crippen molar-refractivity contribution in [2.45, 2.75) is 6.92 Å². The number of fused-ring (bicyclic) bond motifs is 1. The lowest BCUT2D eigenvalue weighted by Crippen LogP contribution is -2.19. The minimum Gasteiger partial charge on any atom is -0.306 e. The molecule has 0 spiro atoms. The highest BCUT2D eigenvalue weighted by Crippen LogP contribution is 2.25. The third-order valence-corrected chi connectivity index (χ3v) is 3.57. The second-order valence-corrected chi connectivity index (χ2v) is 5.44. The Morgan fingerprint density at radius 2 is 1.95 bits per heavy atom. The van der Waals surface area contributed by atoms with Gasteiger partial charge in [-0.15, -0.1) is 10.2 Å². The number of benzene rings is 1. The number of amides is 2. The Morgan fingerprint density at radius 3 is 2.77 bits per heavy atom. The average molecular weight is 336 g/mol. The molecule has 1 aromatic carbocycles. The standard InChI is InChI=1S/C14H11Cl2N5O/c1-8-19-20-13-5-3-10(7-21(8)13)17-14(22)18-12-6-9(15)2-4-11(12)16/h2-7H,1H3,(H2,17,18,22). The van der Waals surface area contributed by atoms with Gasteiger partial charge in [0.1, 0.15) is 5.82 Å². The second kappa shape index (κ2) is 5.82. The van der Waals surface area contributed by atoms with Gasteiger partial charge in [0, 0.05) is 11.2 Å². The predicted octanol–water partition coefficient (Wildman–Crippen LogP) is 3.99. The monoisotopic (exact) mass is 335 g/mol.